The third-order valence-electron chi connectivity index (χ3n) is 4.22. The Hall–Kier alpha value is -2.34. The molecule has 0 heterocycles. The lowest BCUT2D eigenvalue weighted by atomic mass is 9.94. The highest BCUT2D eigenvalue weighted by Gasteiger charge is 2.30. The third-order valence-corrected chi connectivity index (χ3v) is 5.66. The summed E-state index contributed by atoms with van der Waals surface area (Å²) in [4.78, 5) is 16.9. The summed E-state index contributed by atoms with van der Waals surface area (Å²) in [7, 11) is 1.72. The van der Waals surface area contributed by atoms with Gasteiger partial charge in [0.05, 0.1) is 5.71 Å². The maximum atomic E-state index is 13.2. The zero-order valence-corrected chi connectivity index (χ0v) is 17.6. The summed E-state index contributed by atoms with van der Waals surface area (Å²) >= 11 is 1.34. The molecule has 0 saturated heterocycles. The number of allylic oxidation sites excluding steroid dienone is 6. The SMILES string of the molecule is CC/C(SC(C)(C)C(=O)O)=C1/C=C(c2cccc(OC(C)F)c2)C=CC1=NC. The van der Waals surface area contributed by atoms with Gasteiger partial charge >= 0.3 is 5.97 Å². The average molecular weight is 404 g/mol. The van der Waals surface area contributed by atoms with Crippen molar-refractivity contribution in [2.75, 3.05) is 7.05 Å². The van der Waals surface area contributed by atoms with Gasteiger partial charge in [0.2, 0.25) is 6.36 Å². The topological polar surface area (TPSA) is 58.9 Å². The molecule has 0 fully saturated rings. The van der Waals surface area contributed by atoms with Crippen molar-refractivity contribution in [3.8, 4) is 5.75 Å². The molecule has 1 aromatic carbocycles. The standard InChI is InChI=1S/C22H26FNO3S/c1-6-20(28-22(3,4)21(25)26)18-13-16(10-11-19(18)24-5)15-8-7-9-17(12-15)27-14(2)23/h7-14H,6H2,1-5H3,(H,25,26)/b20-18+,24-19?. The molecule has 0 aliphatic heterocycles. The fourth-order valence-corrected chi connectivity index (χ4v) is 3.86. The van der Waals surface area contributed by atoms with Crippen LogP contribution < -0.4 is 4.74 Å². The molecule has 0 amide bonds. The predicted octanol–water partition coefficient (Wildman–Crippen LogP) is 5.67. The van der Waals surface area contributed by atoms with Gasteiger partial charge in [0.25, 0.3) is 0 Å². The van der Waals surface area contributed by atoms with Crippen LogP contribution in [0, 0.1) is 0 Å². The number of carbonyl (C=O) groups is 1. The van der Waals surface area contributed by atoms with Gasteiger partial charge < -0.3 is 9.84 Å². The van der Waals surface area contributed by atoms with Crippen LogP contribution in [0.3, 0.4) is 0 Å². The maximum absolute atomic E-state index is 13.2. The molecular formula is C22H26FNO3S. The molecule has 0 saturated carbocycles. The van der Waals surface area contributed by atoms with E-state index in [0.29, 0.717) is 12.2 Å². The highest BCUT2D eigenvalue weighted by molar-refractivity contribution is 8.05. The van der Waals surface area contributed by atoms with E-state index >= 15 is 0 Å². The second-order valence-corrected chi connectivity index (χ2v) is 8.56. The first kappa shape index (κ1) is 22.0. The van der Waals surface area contributed by atoms with Crippen LogP contribution in [0.4, 0.5) is 4.39 Å². The molecule has 0 spiro atoms. The van der Waals surface area contributed by atoms with Crippen LogP contribution in [-0.4, -0.2) is 34.9 Å². The number of alkyl halides is 1. The van der Waals surface area contributed by atoms with Crippen LogP contribution in [0.25, 0.3) is 5.57 Å². The molecule has 1 N–H and O–H groups in total. The van der Waals surface area contributed by atoms with Crippen LogP contribution in [0.1, 0.15) is 39.7 Å². The third kappa shape index (κ3) is 5.35. The summed E-state index contributed by atoms with van der Waals surface area (Å²) in [6, 6.07) is 7.25. The van der Waals surface area contributed by atoms with Crippen molar-refractivity contribution in [2.45, 2.75) is 45.2 Å². The van der Waals surface area contributed by atoms with E-state index < -0.39 is 17.1 Å². The lowest BCUT2D eigenvalue weighted by Crippen LogP contribution is -2.27. The number of carboxylic acids is 1. The van der Waals surface area contributed by atoms with Crippen LogP contribution >= 0.6 is 11.8 Å². The molecule has 0 bridgehead atoms. The number of rotatable bonds is 7. The van der Waals surface area contributed by atoms with Gasteiger partial charge in [0, 0.05) is 19.5 Å². The summed E-state index contributed by atoms with van der Waals surface area (Å²) in [6.07, 6.45) is 5.17. The number of benzene rings is 1. The van der Waals surface area contributed by atoms with Crippen LogP contribution in [0.15, 0.2) is 58.0 Å². The summed E-state index contributed by atoms with van der Waals surface area (Å²) in [6.45, 7) is 6.73. The number of halogens is 1. The Morgan fingerprint density at radius 3 is 2.64 bits per heavy atom. The molecule has 1 unspecified atom stereocenters. The molecule has 4 nitrogen and oxygen atoms in total. The minimum absolute atomic E-state index is 0.458. The smallest absolute Gasteiger partial charge is 0.319 e. The molecule has 1 aromatic rings. The normalized spacial score (nSPS) is 18.6. The fraction of sp³-hybridized carbons (Fsp3) is 0.364. The first-order valence-corrected chi connectivity index (χ1v) is 9.93. The Morgan fingerprint density at radius 2 is 2.07 bits per heavy atom. The van der Waals surface area contributed by atoms with Crippen LogP contribution in [-0.2, 0) is 4.79 Å². The first-order chi connectivity index (χ1) is 13.2. The maximum Gasteiger partial charge on any atom is 0.319 e. The fourth-order valence-electron chi connectivity index (χ4n) is 2.74. The first-order valence-electron chi connectivity index (χ1n) is 9.11. The lowest BCUT2D eigenvalue weighted by Gasteiger charge is -2.23. The van der Waals surface area contributed by atoms with E-state index in [4.69, 9.17) is 4.74 Å². The van der Waals surface area contributed by atoms with Gasteiger partial charge in [-0.3, -0.25) is 9.79 Å². The highest BCUT2D eigenvalue weighted by atomic mass is 32.2. The minimum atomic E-state index is -1.39. The molecule has 150 valence electrons. The van der Waals surface area contributed by atoms with Gasteiger partial charge in [0.1, 0.15) is 10.5 Å². The molecule has 28 heavy (non-hydrogen) atoms. The Kier molecular flexibility index (Phi) is 7.24. The lowest BCUT2D eigenvalue weighted by molar-refractivity contribution is -0.138. The number of thioether (sulfide) groups is 1. The number of hydrogen-bond acceptors (Lipinski definition) is 4. The van der Waals surface area contributed by atoms with Crippen molar-refractivity contribution in [1.29, 1.82) is 0 Å². The number of hydrogen-bond donors (Lipinski definition) is 1. The van der Waals surface area contributed by atoms with Gasteiger partial charge in [-0.05, 0) is 60.6 Å². The van der Waals surface area contributed by atoms with E-state index in [-0.39, 0.29) is 0 Å². The molecule has 0 radical (unpaired) electrons. The quantitative estimate of drug-likeness (QED) is 0.638. The molecule has 2 rings (SSSR count). The van der Waals surface area contributed by atoms with E-state index in [2.05, 4.69) is 4.99 Å². The second kappa shape index (κ2) is 9.24. The average Bonchev–Trinajstić information content (AvgIpc) is 2.65. The summed E-state index contributed by atoms with van der Waals surface area (Å²) in [5.41, 5.74) is 3.53. The Labute approximate surface area is 169 Å². The number of carboxylic acid groups (broad SMARTS) is 1. The van der Waals surface area contributed by atoms with Crippen molar-refractivity contribution in [3.05, 3.63) is 58.5 Å². The van der Waals surface area contributed by atoms with Gasteiger partial charge in [-0.1, -0.05) is 25.1 Å². The van der Waals surface area contributed by atoms with E-state index in [1.54, 1.807) is 33.0 Å². The summed E-state index contributed by atoms with van der Waals surface area (Å²) in [5, 5.41) is 9.49. The summed E-state index contributed by atoms with van der Waals surface area (Å²) in [5.74, 6) is -0.404. The zero-order valence-electron chi connectivity index (χ0n) is 16.8. The molecular weight excluding hydrogens is 377 g/mol. The summed E-state index contributed by atoms with van der Waals surface area (Å²) < 4.78 is 17.4. The van der Waals surface area contributed by atoms with E-state index in [1.165, 1.54) is 18.7 Å². The van der Waals surface area contributed by atoms with E-state index in [1.807, 2.05) is 37.3 Å². The highest BCUT2D eigenvalue weighted by Crippen LogP contribution is 2.38. The monoisotopic (exact) mass is 403 g/mol. The number of nitrogens with zero attached hydrogens (tertiary/aromatic N) is 1. The van der Waals surface area contributed by atoms with Crippen LogP contribution in [0.5, 0.6) is 5.75 Å². The zero-order chi connectivity index (χ0) is 20.9. The van der Waals surface area contributed by atoms with Gasteiger partial charge in [-0.25, -0.2) is 4.39 Å². The van der Waals surface area contributed by atoms with Crippen molar-refractivity contribution < 1.29 is 19.0 Å². The molecule has 1 aliphatic rings. The van der Waals surface area contributed by atoms with Crippen molar-refractivity contribution in [1.82, 2.24) is 0 Å². The van der Waals surface area contributed by atoms with Crippen molar-refractivity contribution >= 4 is 29.0 Å². The second-order valence-electron chi connectivity index (χ2n) is 6.84. The van der Waals surface area contributed by atoms with Gasteiger partial charge in [-0.15, -0.1) is 11.8 Å². The number of ether oxygens (including phenoxy) is 1. The van der Waals surface area contributed by atoms with Crippen LogP contribution in [0.2, 0.25) is 0 Å². The number of aliphatic carboxylic acids is 1. The Morgan fingerprint density at radius 1 is 1.36 bits per heavy atom. The van der Waals surface area contributed by atoms with Gasteiger partial charge in [-0.2, -0.15) is 0 Å². The molecule has 1 aliphatic carbocycles. The number of aliphatic imine (C=N–C) groups is 1. The Bertz CT molecular complexity index is 866. The van der Waals surface area contributed by atoms with Crippen molar-refractivity contribution in [3.63, 3.8) is 0 Å². The molecule has 0 aromatic heterocycles. The van der Waals surface area contributed by atoms with E-state index in [9.17, 15) is 14.3 Å². The van der Waals surface area contributed by atoms with Crippen molar-refractivity contribution in [2.24, 2.45) is 4.99 Å². The minimum Gasteiger partial charge on any atom is -0.480 e. The van der Waals surface area contributed by atoms with E-state index in [0.717, 1.165) is 27.3 Å². The molecule has 1 atom stereocenters. The van der Waals surface area contributed by atoms with Gasteiger partial charge in [0.15, 0.2) is 0 Å². The molecule has 6 heteroatoms. The largest absolute Gasteiger partial charge is 0.480 e. The predicted molar refractivity (Wildman–Crippen MR) is 115 cm³/mol. The Balaban J connectivity index is 2.50.